The Balaban J connectivity index is 2.40. The molecule has 102 valence electrons. The van der Waals surface area contributed by atoms with Crippen LogP contribution in [-0.2, 0) is 0 Å². The van der Waals surface area contributed by atoms with Crippen molar-refractivity contribution in [2.24, 2.45) is 17.1 Å². The van der Waals surface area contributed by atoms with Crippen LogP contribution < -0.4 is 11.1 Å². The standard InChI is InChI=1S/C15H32N2/c1-12-7-6-8-13(10-9-12)17-11-14(2,3)15(4,5)16/h12-13,17H,6-11,16H2,1-5H3. The summed E-state index contributed by atoms with van der Waals surface area (Å²) < 4.78 is 0. The van der Waals surface area contributed by atoms with Gasteiger partial charge in [-0.3, -0.25) is 0 Å². The van der Waals surface area contributed by atoms with Crippen LogP contribution in [0.3, 0.4) is 0 Å². The first kappa shape index (κ1) is 15.0. The first-order valence-corrected chi connectivity index (χ1v) is 7.24. The molecule has 0 radical (unpaired) electrons. The molecule has 0 saturated heterocycles. The van der Waals surface area contributed by atoms with Crippen LogP contribution in [0.25, 0.3) is 0 Å². The fourth-order valence-corrected chi connectivity index (χ4v) is 2.32. The molecule has 17 heavy (non-hydrogen) atoms. The Bertz CT molecular complexity index is 228. The molecule has 1 aliphatic rings. The van der Waals surface area contributed by atoms with Gasteiger partial charge in [-0.2, -0.15) is 0 Å². The Morgan fingerprint density at radius 2 is 1.71 bits per heavy atom. The van der Waals surface area contributed by atoms with Gasteiger partial charge in [0.15, 0.2) is 0 Å². The quantitative estimate of drug-likeness (QED) is 0.740. The molecular formula is C15H32N2. The Morgan fingerprint density at radius 1 is 1.06 bits per heavy atom. The van der Waals surface area contributed by atoms with Gasteiger partial charge in [-0.25, -0.2) is 0 Å². The van der Waals surface area contributed by atoms with Gasteiger partial charge in [-0.1, -0.05) is 33.6 Å². The maximum Gasteiger partial charge on any atom is 0.0161 e. The zero-order chi connectivity index (χ0) is 13.1. The molecule has 1 aliphatic carbocycles. The fraction of sp³-hybridized carbons (Fsp3) is 1.00. The molecule has 0 bridgehead atoms. The van der Waals surface area contributed by atoms with Crippen molar-refractivity contribution in [1.82, 2.24) is 5.32 Å². The minimum Gasteiger partial charge on any atom is -0.325 e. The van der Waals surface area contributed by atoms with Crippen molar-refractivity contribution in [2.75, 3.05) is 6.54 Å². The summed E-state index contributed by atoms with van der Waals surface area (Å²) >= 11 is 0. The molecule has 0 aliphatic heterocycles. The summed E-state index contributed by atoms with van der Waals surface area (Å²) in [5.74, 6) is 0.917. The minimum absolute atomic E-state index is 0.127. The van der Waals surface area contributed by atoms with Crippen molar-refractivity contribution < 1.29 is 0 Å². The molecule has 0 heterocycles. The van der Waals surface area contributed by atoms with E-state index in [1.807, 2.05) is 0 Å². The summed E-state index contributed by atoms with van der Waals surface area (Å²) in [6.07, 6.45) is 6.84. The molecule has 2 heteroatoms. The van der Waals surface area contributed by atoms with Crippen molar-refractivity contribution in [3.05, 3.63) is 0 Å². The monoisotopic (exact) mass is 240 g/mol. The number of rotatable bonds is 4. The van der Waals surface area contributed by atoms with Crippen molar-refractivity contribution in [1.29, 1.82) is 0 Å². The van der Waals surface area contributed by atoms with Crippen LogP contribution in [0.1, 0.15) is 66.7 Å². The van der Waals surface area contributed by atoms with Crippen LogP contribution in [0.15, 0.2) is 0 Å². The Kier molecular flexibility index (Phi) is 5.03. The molecule has 3 N–H and O–H groups in total. The second-order valence-electron chi connectivity index (χ2n) is 7.30. The van der Waals surface area contributed by atoms with Crippen LogP contribution in [0.4, 0.5) is 0 Å². The van der Waals surface area contributed by atoms with Gasteiger partial charge < -0.3 is 11.1 Å². The van der Waals surface area contributed by atoms with Gasteiger partial charge in [0, 0.05) is 18.1 Å². The van der Waals surface area contributed by atoms with Crippen molar-refractivity contribution >= 4 is 0 Å². The molecule has 2 unspecified atom stereocenters. The van der Waals surface area contributed by atoms with E-state index in [9.17, 15) is 0 Å². The lowest BCUT2D eigenvalue weighted by atomic mass is 9.75. The molecule has 2 nitrogen and oxygen atoms in total. The normalized spacial score (nSPS) is 27.9. The summed E-state index contributed by atoms with van der Waals surface area (Å²) in [6.45, 7) is 12.2. The summed E-state index contributed by atoms with van der Waals surface area (Å²) in [4.78, 5) is 0. The lowest BCUT2D eigenvalue weighted by Gasteiger charge is -2.39. The van der Waals surface area contributed by atoms with Crippen LogP contribution in [0, 0.1) is 11.3 Å². The second kappa shape index (κ2) is 5.71. The van der Waals surface area contributed by atoms with Crippen LogP contribution in [-0.4, -0.2) is 18.1 Å². The van der Waals surface area contributed by atoms with Gasteiger partial charge >= 0.3 is 0 Å². The number of hydrogen-bond donors (Lipinski definition) is 2. The van der Waals surface area contributed by atoms with E-state index in [0.29, 0.717) is 6.04 Å². The first-order chi connectivity index (χ1) is 7.72. The number of hydrogen-bond acceptors (Lipinski definition) is 2. The second-order valence-corrected chi connectivity index (χ2v) is 7.30. The van der Waals surface area contributed by atoms with E-state index in [-0.39, 0.29) is 11.0 Å². The van der Waals surface area contributed by atoms with Crippen LogP contribution in [0.2, 0.25) is 0 Å². The average molecular weight is 240 g/mol. The highest BCUT2D eigenvalue weighted by Crippen LogP contribution is 2.28. The van der Waals surface area contributed by atoms with Crippen molar-refractivity contribution in [3.8, 4) is 0 Å². The predicted octanol–water partition coefficient (Wildman–Crippen LogP) is 3.31. The van der Waals surface area contributed by atoms with E-state index in [2.05, 4.69) is 39.9 Å². The van der Waals surface area contributed by atoms with Gasteiger partial charge in [-0.15, -0.1) is 0 Å². The van der Waals surface area contributed by atoms with Gasteiger partial charge in [-0.05, 0) is 44.4 Å². The lowest BCUT2D eigenvalue weighted by molar-refractivity contribution is 0.185. The Labute approximate surface area is 108 Å². The first-order valence-electron chi connectivity index (χ1n) is 7.24. The summed E-state index contributed by atoms with van der Waals surface area (Å²) in [5, 5.41) is 3.75. The molecule has 1 fully saturated rings. The highest BCUT2D eigenvalue weighted by molar-refractivity contribution is 4.92. The summed E-state index contributed by atoms with van der Waals surface area (Å²) in [5.41, 5.74) is 6.26. The third kappa shape index (κ3) is 4.59. The van der Waals surface area contributed by atoms with E-state index in [1.165, 1.54) is 32.1 Å². The molecule has 0 aromatic rings. The van der Waals surface area contributed by atoms with Crippen LogP contribution in [0.5, 0.6) is 0 Å². The number of nitrogens with one attached hydrogen (secondary N) is 1. The molecule has 2 atom stereocenters. The zero-order valence-corrected chi connectivity index (χ0v) is 12.5. The molecule has 0 aromatic heterocycles. The number of nitrogens with two attached hydrogens (primary N) is 1. The average Bonchev–Trinajstić information content (AvgIpc) is 2.38. The van der Waals surface area contributed by atoms with Gasteiger partial charge in [0.1, 0.15) is 0 Å². The lowest BCUT2D eigenvalue weighted by Crippen LogP contribution is -2.53. The van der Waals surface area contributed by atoms with Crippen molar-refractivity contribution in [3.63, 3.8) is 0 Å². The topological polar surface area (TPSA) is 38.0 Å². The largest absolute Gasteiger partial charge is 0.325 e. The smallest absolute Gasteiger partial charge is 0.0161 e. The Morgan fingerprint density at radius 3 is 2.29 bits per heavy atom. The van der Waals surface area contributed by atoms with E-state index in [0.717, 1.165) is 12.5 Å². The van der Waals surface area contributed by atoms with E-state index in [1.54, 1.807) is 0 Å². The highest BCUT2D eigenvalue weighted by Gasteiger charge is 2.33. The molecule has 0 amide bonds. The Hall–Kier alpha value is -0.0800. The molecule has 0 spiro atoms. The molecule has 1 rings (SSSR count). The maximum atomic E-state index is 6.24. The van der Waals surface area contributed by atoms with Gasteiger partial charge in [0.25, 0.3) is 0 Å². The molecule has 0 aromatic carbocycles. The summed E-state index contributed by atoms with van der Waals surface area (Å²) in [6, 6.07) is 0.710. The van der Waals surface area contributed by atoms with E-state index < -0.39 is 0 Å². The third-order valence-corrected chi connectivity index (χ3v) is 4.83. The zero-order valence-electron chi connectivity index (χ0n) is 12.5. The van der Waals surface area contributed by atoms with Crippen molar-refractivity contribution in [2.45, 2.75) is 78.3 Å². The maximum absolute atomic E-state index is 6.24. The molecular weight excluding hydrogens is 208 g/mol. The highest BCUT2D eigenvalue weighted by atomic mass is 14.9. The minimum atomic E-state index is -0.127. The van der Waals surface area contributed by atoms with E-state index >= 15 is 0 Å². The predicted molar refractivity (Wildman–Crippen MR) is 76.1 cm³/mol. The van der Waals surface area contributed by atoms with Crippen LogP contribution >= 0.6 is 0 Å². The SMILES string of the molecule is CC1CCCC(NCC(C)(C)C(C)(C)N)CC1. The molecule has 1 saturated carbocycles. The third-order valence-electron chi connectivity index (χ3n) is 4.83. The van der Waals surface area contributed by atoms with E-state index in [4.69, 9.17) is 5.73 Å². The van der Waals surface area contributed by atoms with Gasteiger partial charge in [0.2, 0.25) is 0 Å². The fourth-order valence-electron chi connectivity index (χ4n) is 2.32. The van der Waals surface area contributed by atoms with Gasteiger partial charge in [0.05, 0.1) is 0 Å². The summed E-state index contributed by atoms with van der Waals surface area (Å²) in [7, 11) is 0.